The minimum Gasteiger partial charge on any atom is -0.465 e. The average Bonchev–Trinajstić information content (AvgIpc) is 3.25. The summed E-state index contributed by atoms with van der Waals surface area (Å²) in [6.07, 6.45) is -4.02. The van der Waals surface area contributed by atoms with Crippen molar-refractivity contribution in [1.82, 2.24) is 9.96 Å². The maximum Gasteiger partial charge on any atom is 0.417 e. The number of likely N-dealkylation sites (tertiary alicyclic amines) is 1. The van der Waals surface area contributed by atoms with E-state index in [0.717, 1.165) is 18.2 Å². The van der Waals surface area contributed by atoms with Crippen LogP contribution in [0.4, 0.5) is 13.2 Å². The van der Waals surface area contributed by atoms with Crippen molar-refractivity contribution >= 4 is 21.8 Å². The van der Waals surface area contributed by atoms with Crippen LogP contribution in [0.15, 0.2) is 29.2 Å². The van der Waals surface area contributed by atoms with Crippen LogP contribution in [0, 0.1) is 5.41 Å². The highest BCUT2D eigenvalue weighted by Crippen LogP contribution is 2.38. The minimum atomic E-state index is -4.83. The lowest BCUT2D eigenvalue weighted by Crippen LogP contribution is -2.50. The van der Waals surface area contributed by atoms with Crippen molar-refractivity contribution in [3.63, 3.8) is 0 Å². The van der Waals surface area contributed by atoms with Crippen LogP contribution >= 0.6 is 0 Å². The van der Waals surface area contributed by atoms with E-state index in [1.165, 1.54) is 6.07 Å². The summed E-state index contributed by atoms with van der Waals surface area (Å²) >= 11 is 0. The second-order valence-electron chi connectivity index (χ2n) is 10.2. The molecule has 3 rings (SSSR count). The first-order valence-corrected chi connectivity index (χ1v) is 13.5. The molecule has 2 fully saturated rings. The lowest BCUT2D eigenvalue weighted by molar-refractivity contribution is -0.206. The number of carbonyl (C=O) groups is 2. The summed E-state index contributed by atoms with van der Waals surface area (Å²) in [5.41, 5.74) is -1.89. The minimum absolute atomic E-state index is 0.0928. The van der Waals surface area contributed by atoms with Crippen LogP contribution in [0.1, 0.15) is 52.5 Å². The van der Waals surface area contributed by atoms with Crippen LogP contribution < -0.4 is 0 Å². The van der Waals surface area contributed by atoms with Gasteiger partial charge in [0.25, 0.3) is 0 Å². The zero-order valence-electron chi connectivity index (χ0n) is 20.9. The molecule has 36 heavy (non-hydrogen) atoms. The van der Waals surface area contributed by atoms with Gasteiger partial charge in [0.2, 0.25) is 0 Å². The number of halogens is 3. The van der Waals surface area contributed by atoms with E-state index in [1.54, 1.807) is 37.7 Å². The molecule has 2 atom stereocenters. The molecule has 0 aliphatic carbocycles. The molecule has 2 heterocycles. The Kier molecular flexibility index (Phi) is 8.41. The molecule has 2 unspecified atom stereocenters. The van der Waals surface area contributed by atoms with E-state index in [-0.39, 0.29) is 31.6 Å². The molecule has 0 radical (unpaired) electrons. The summed E-state index contributed by atoms with van der Waals surface area (Å²) in [6.45, 7) is 7.63. The standard InChI is InChI=1S/C24H33F3N2O6S/c1-5-34-21(30)19-14-17(36(32,33)20-9-7-6-8-18(20)24(25,26)27)15-29(19)16-10-12-28(13-11-16)35-22(31)23(2,3)4/h6-9,16-17,19H,5,10-15H2,1-4H3. The van der Waals surface area contributed by atoms with E-state index in [4.69, 9.17) is 9.57 Å². The van der Waals surface area contributed by atoms with E-state index in [1.807, 2.05) is 0 Å². The number of hydrogen-bond donors (Lipinski definition) is 0. The van der Waals surface area contributed by atoms with Gasteiger partial charge in [-0.05, 0) is 59.1 Å². The number of nitrogens with zero attached hydrogens (tertiary/aromatic N) is 2. The summed E-state index contributed by atoms with van der Waals surface area (Å²) in [7, 11) is -4.40. The molecule has 2 aliphatic rings. The molecule has 0 amide bonds. The fourth-order valence-electron chi connectivity index (χ4n) is 4.57. The topological polar surface area (TPSA) is 93.2 Å². The molecule has 202 valence electrons. The van der Waals surface area contributed by atoms with Gasteiger partial charge in [-0.3, -0.25) is 9.69 Å². The third-order valence-corrected chi connectivity index (χ3v) is 8.70. The Bertz CT molecular complexity index is 1060. The van der Waals surface area contributed by atoms with Gasteiger partial charge >= 0.3 is 18.1 Å². The van der Waals surface area contributed by atoms with Gasteiger partial charge in [0, 0.05) is 25.7 Å². The Morgan fingerprint density at radius 1 is 1.08 bits per heavy atom. The molecule has 2 aliphatic heterocycles. The van der Waals surface area contributed by atoms with Gasteiger partial charge < -0.3 is 9.57 Å². The van der Waals surface area contributed by atoms with E-state index in [2.05, 4.69) is 0 Å². The Morgan fingerprint density at radius 2 is 1.69 bits per heavy atom. The van der Waals surface area contributed by atoms with Crippen LogP contribution in [-0.2, 0) is 35.2 Å². The van der Waals surface area contributed by atoms with Gasteiger partial charge in [-0.25, -0.2) is 13.2 Å². The fourth-order valence-corrected chi connectivity index (χ4v) is 6.49. The van der Waals surface area contributed by atoms with E-state index >= 15 is 0 Å². The SMILES string of the molecule is CCOC(=O)C1CC(S(=O)(=O)c2ccccc2C(F)(F)F)CN1C1CCN(OC(=O)C(C)(C)C)CC1. The summed E-state index contributed by atoms with van der Waals surface area (Å²) in [4.78, 5) is 31.3. The number of alkyl halides is 3. The number of benzene rings is 1. The fraction of sp³-hybridized carbons (Fsp3) is 0.667. The highest BCUT2D eigenvalue weighted by atomic mass is 32.2. The van der Waals surface area contributed by atoms with E-state index < -0.39 is 49.1 Å². The van der Waals surface area contributed by atoms with Crippen molar-refractivity contribution in [3.8, 4) is 0 Å². The number of hydroxylamine groups is 2. The normalized spacial score (nSPS) is 23.0. The maximum atomic E-state index is 13.5. The highest BCUT2D eigenvalue weighted by molar-refractivity contribution is 7.92. The highest BCUT2D eigenvalue weighted by Gasteiger charge is 2.49. The molecule has 0 N–H and O–H groups in total. The van der Waals surface area contributed by atoms with Gasteiger partial charge in [-0.15, -0.1) is 5.06 Å². The average molecular weight is 535 g/mol. The molecular weight excluding hydrogens is 501 g/mol. The van der Waals surface area contributed by atoms with Crippen molar-refractivity contribution in [2.45, 2.75) is 75.4 Å². The van der Waals surface area contributed by atoms with Crippen molar-refractivity contribution in [1.29, 1.82) is 0 Å². The number of hydrogen-bond acceptors (Lipinski definition) is 8. The number of sulfone groups is 1. The van der Waals surface area contributed by atoms with Crippen LogP contribution in [0.2, 0.25) is 0 Å². The molecule has 1 aromatic rings. The van der Waals surface area contributed by atoms with Gasteiger partial charge in [0.15, 0.2) is 9.84 Å². The first kappa shape index (κ1) is 28.4. The van der Waals surface area contributed by atoms with Gasteiger partial charge in [-0.1, -0.05) is 12.1 Å². The van der Waals surface area contributed by atoms with Gasteiger partial charge in [0.1, 0.15) is 6.04 Å². The summed E-state index contributed by atoms with van der Waals surface area (Å²) in [5.74, 6) is -0.970. The Balaban J connectivity index is 1.81. The van der Waals surface area contributed by atoms with Crippen molar-refractivity contribution < 1.29 is 40.8 Å². The number of ether oxygens (including phenoxy) is 1. The first-order valence-electron chi connectivity index (χ1n) is 12.0. The quantitative estimate of drug-likeness (QED) is 0.513. The molecule has 8 nitrogen and oxygen atoms in total. The molecule has 0 bridgehead atoms. The molecular formula is C24H33F3N2O6S. The van der Waals surface area contributed by atoms with Crippen molar-refractivity contribution in [2.24, 2.45) is 5.41 Å². The molecule has 0 saturated carbocycles. The number of esters is 1. The molecule has 0 aromatic heterocycles. The van der Waals surface area contributed by atoms with Crippen LogP contribution in [0.25, 0.3) is 0 Å². The number of rotatable bonds is 6. The first-order chi connectivity index (χ1) is 16.7. The second kappa shape index (κ2) is 10.7. The lowest BCUT2D eigenvalue weighted by atomic mass is 9.97. The summed E-state index contributed by atoms with van der Waals surface area (Å²) < 4.78 is 72.6. The van der Waals surface area contributed by atoms with Crippen molar-refractivity contribution in [2.75, 3.05) is 26.2 Å². The van der Waals surface area contributed by atoms with Crippen molar-refractivity contribution in [3.05, 3.63) is 29.8 Å². The Hall–Kier alpha value is -2.18. The van der Waals surface area contributed by atoms with E-state index in [9.17, 15) is 31.2 Å². The summed E-state index contributed by atoms with van der Waals surface area (Å²) in [6, 6.07) is 2.99. The molecule has 1 aromatic carbocycles. The number of piperidine rings is 1. The predicted molar refractivity (Wildman–Crippen MR) is 124 cm³/mol. The van der Waals surface area contributed by atoms with Crippen LogP contribution in [-0.4, -0.2) is 73.9 Å². The monoisotopic (exact) mass is 534 g/mol. The van der Waals surface area contributed by atoms with Gasteiger partial charge in [0.05, 0.1) is 27.7 Å². The molecule has 12 heteroatoms. The lowest BCUT2D eigenvalue weighted by Gasteiger charge is -2.38. The van der Waals surface area contributed by atoms with Crippen LogP contribution in [0.3, 0.4) is 0 Å². The third-order valence-electron chi connectivity index (χ3n) is 6.51. The maximum absolute atomic E-state index is 13.5. The third kappa shape index (κ3) is 6.20. The zero-order chi connectivity index (χ0) is 26.9. The second-order valence-corrected chi connectivity index (χ2v) is 12.3. The zero-order valence-corrected chi connectivity index (χ0v) is 21.7. The largest absolute Gasteiger partial charge is 0.465 e. The smallest absolute Gasteiger partial charge is 0.417 e. The predicted octanol–water partition coefficient (Wildman–Crippen LogP) is 3.45. The number of carbonyl (C=O) groups excluding carboxylic acids is 2. The van der Waals surface area contributed by atoms with E-state index in [0.29, 0.717) is 25.9 Å². The Morgan fingerprint density at radius 3 is 2.25 bits per heavy atom. The molecule has 0 spiro atoms. The molecule has 2 saturated heterocycles. The Labute approximate surface area is 209 Å². The summed E-state index contributed by atoms with van der Waals surface area (Å²) in [5, 5.41) is 0.347. The van der Waals surface area contributed by atoms with Gasteiger partial charge in [-0.2, -0.15) is 13.2 Å². The van der Waals surface area contributed by atoms with Crippen LogP contribution in [0.5, 0.6) is 0 Å².